The number of carbonyl (C=O) groups excluding carboxylic acids is 1. The lowest BCUT2D eigenvalue weighted by Crippen LogP contribution is -2.45. The van der Waals surface area contributed by atoms with Gasteiger partial charge >= 0.3 is 5.97 Å². The summed E-state index contributed by atoms with van der Waals surface area (Å²) in [6, 6.07) is -0.931. The number of carboxylic acids is 1. The van der Waals surface area contributed by atoms with E-state index in [0.29, 0.717) is 12.3 Å². The zero-order chi connectivity index (χ0) is 12.7. The fourth-order valence-corrected chi connectivity index (χ4v) is 1.39. The summed E-state index contributed by atoms with van der Waals surface area (Å²) in [6.45, 7) is 5.65. The van der Waals surface area contributed by atoms with Crippen LogP contribution in [0.25, 0.3) is 0 Å². The maximum absolute atomic E-state index is 11.4. The van der Waals surface area contributed by atoms with Crippen LogP contribution in [-0.2, 0) is 9.59 Å². The number of nitrogens with one attached hydrogen (secondary N) is 1. The lowest BCUT2D eigenvalue weighted by molar-refractivity contribution is -0.137. The molecule has 0 spiro atoms. The van der Waals surface area contributed by atoms with Gasteiger partial charge in [-0.1, -0.05) is 20.3 Å². The molecule has 0 heterocycles. The predicted molar refractivity (Wildman–Crippen MR) is 61.9 cm³/mol. The highest BCUT2D eigenvalue weighted by molar-refractivity contribution is 5.81. The molecular weight excluding hydrogens is 208 g/mol. The molecule has 3 atom stereocenters. The molecule has 5 nitrogen and oxygen atoms in total. The van der Waals surface area contributed by atoms with Gasteiger partial charge in [-0.2, -0.15) is 0 Å². The Balaban J connectivity index is 4.31. The first-order valence-corrected chi connectivity index (χ1v) is 5.64. The van der Waals surface area contributed by atoms with Crippen molar-refractivity contribution in [3.8, 4) is 0 Å². The number of rotatable bonds is 7. The van der Waals surface area contributed by atoms with Gasteiger partial charge in [-0.05, 0) is 19.3 Å². The lowest BCUT2D eigenvalue weighted by atomic mass is 9.97. The third kappa shape index (κ3) is 6.40. The summed E-state index contributed by atoms with van der Waals surface area (Å²) in [6.07, 6.45) is 1.58. The number of nitrogens with two attached hydrogens (primary N) is 1. The SMILES string of the molecule is CCC(C)C[C@@H](CC(=O)O)NC(=O)[C@H](C)N. The molecule has 0 radical (unpaired) electrons. The van der Waals surface area contributed by atoms with Crippen LogP contribution in [0, 0.1) is 5.92 Å². The van der Waals surface area contributed by atoms with Gasteiger partial charge in [-0.25, -0.2) is 0 Å². The second-order valence-corrected chi connectivity index (χ2v) is 4.34. The first-order chi connectivity index (χ1) is 7.36. The topological polar surface area (TPSA) is 92.4 Å². The number of carboxylic acid groups (broad SMARTS) is 1. The molecule has 0 bridgehead atoms. The van der Waals surface area contributed by atoms with Crippen molar-refractivity contribution < 1.29 is 14.7 Å². The van der Waals surface area contributed by atoms with Gasteiger partial charge in [0, 0.05) is 6.04 Å². The standard InChI is InChI=1S/C11H22N2O3/c1-4-7(2)5-9(6-10(14)15)13-11(16)8(3)12/h7-9H,4-6,12H2,1-3H3,(H,13,16)(H,14,15)/t7?,8-,9-/m0/s1. The number of carbonyl (C=O) groups is 2. The van der Waals surface area contributed by atoms with Gasteiger partial charge in [0.2, 0.25) is 5.91 Å². The molecule has 0 aliphatic carbocycles. The largest absolute Gasteiger partial charge is 0.481 e. The molecule has 0 saturated heterocycles. The van der Waals surface area contributed by atoms with Crippen LogP contribution in [0.1, 0.15) is 40.0 Å². The lowest BCUT2D eigenvalue weighted by Gasteiger charge is -2.21. The van der Waals surface area contributed by atoms with Crippen LogP contribution in [0.3, 0.4) is 0 Å². The van der Waals surface area contributed by atoms with Crippen molar-refractivity contribution in [2.45, 2.75) is 52.1 Å². The van der Waals surface area contributed by atoms with E-state index in [1.807, 2.05) is 13.8 Å². The Bertz CT molecular complexity index is 241. The van der Waals surface area contributed by atoms with E-state index in [-0.39, 0.29) is 18.4 Å². The molecule has 0 saturated carbocycles. The van der Waals surface area contributed by atoms with Crippen molar-refractivity contribution >= 4 is 11.9 Å². The fraction of sp³-hybridized carbons (Fsp3) is 0.818. The van der Waals surface area contributed by atoms with Crippen molar-refractivity contribution in [2.75, 3.05) is 0 Å². The highest BCUT2D eigenvalue weighted by Gasteiger charge is 2.19. The van der Waals surface area contributed by atoms with Crippen LogP contribution in [0.4, 0.5) is 0 Å². The molecule has 94 valence electrons. The van der Waals surface area contributed by atoms with E-state index < -0.39 is 12.0 Å². The van der Waals surface area contributed by atoms with E-state index in [1.165, 1.54) is 0 Å². The Labute approximate surface area is 96.4 Å². The minimum atomic E-state index is -0.904. The Morgan fingerprint density at radius 1 is 1.38 bits per heavy atom. The van der Waals surface area contributed by atoms with Crippen LogP contribution in [0.2, 0.25) is 0 Å². The van der Waals surface area contributed by atoms with Gasteiger partial charge in [-0.15, -0.1) is 0 Å². The third-order valence-corrected chi connectivity index (χ3v) is 2.56. The van der Waals surface area contributed by atoms with E-state index in [4.69, 9.17) is 10.8 Å². The maximum atomic E-state index is 11.4. The zero-order valence-corrected chi connectivity index (χ0v) is 10.2. The van der Waals surface area contributed by atoms with Gasteiger partial charge < -0.3 is 16.2 Å². The summed E-state index contributed by atoms with van der Waals surface area (Å²) in [5.74, 6) is -0.814. The molecule has 5 heteroatoms. The normalized spacial score (nSPS) is 16.2. The highest BCUT2D eigenvalue weighted by Crippen LogP contribution is 2.12. The molecule has 1 amide bonds. The first-order valence-electron chi connectivity index (χ1n) is 5.64. The Morgan fingerprint density at radius 3 is 2.31 bits per heavy atom. The van der Waals surface area contributed by atoms with Crippen LogP contribution >= 0.6 is 0 Å². The van der Waals surface area contributed by atoms with Gasteiger partial charge in [0.05, 0.1) is 12.5 Å². The fourth-order valence-electron chi connectivity index (χ4n) is 1.39. The molecule has 0 rings (SSSR count). The summed E-state index contributed by atoms with van der Waals surface area (Å²) < 4.78 is 0. The summed E-state index contributed by atoms with van der Waals surface area (Å²) in [7, 11) is 0. The van der Waals surface area contributed by atoms with E-state index in [0.717, 1.165) is 6.42 Å². The molecule has 0 aromatic rings. The first kappa shape index (κ1) is 14.9. The average molecular weight is 230 g/mol. The van der Waals surface area contributed by atoms with Crippen LogP contribution in [0.15, 0.2) is 0 Å². The van der Waals surface area contributed by atoms with Crippen molar-refractivity contribution in [3.05, 3.63) is 0 Å². The summed E-state index contributed by atoms with van der Waals surface area (Å²) in [5, 5.41) is 11.4. The summed E-state index contributed by atoms with van der Waals surface area (Å²) in [5.41, 5.74) is 5.42. The molecule has 0 fully saturated rings. The number of hydrogen-bond acceptors (Lipinski definition) is 3. The van der Waals surface area contributed by atoms with Crippen LogP contribution in [-0.4, -0.2) is 29.1 Å². The molecule has 16 heavy (non-hydrogen) atoms. The number of aliphatic carboxylic acids is 1. The van der Waals surface area contributed by atoms with E-state index >= 15 is 0 Å². The Morgan fingerprint density at radius 2 is 1.94 bits per heavy atom. The van der Waals surface area contributed by atoms with Gasteiger partial charge in [-0.3, -0.25) is 9.59 Å². The van der Waals surface area contributed by atoms with Crippen molar-refractivity contribution in [1.29, 1.82) is 0 Å². The van der Waals surface area contributed by atoms with Crippen molar-refractivity contribution in [2.24, 2.45) is 11.7 Å². The zero-order valence-electron chi connectivity index (χ0n) is 10.2. The monoisotopic (exact) mass is 230 g/mol. The van der Waals surface area contributed by atoms with Crippen molar-refractivity contribution in [1.82, 2.24) is 5.32 Å². The smallest absolute Gasteiger partial charge is 0.305 e. The molecular formula is C11H22N2O3. The number of amides is 1. The van der Waals surface area contributed by atoms with E-state index in [2.05, 4.69) is 5.32 Å². The molecule has 0 aliphatic heterocycles. The Kier molecular flexibility index (Phi) is 6.72. The predicted octanol–water partition coefficient (Wildman–Crippen LogP) is 0.729. The van der Waals surface area contributed by atoms with E-state index in [9.17, 15) is 9.59 Å². The highest BCUT2D eigenvalue weighted by atomic mass is 16.4. The molecule has 4 N–H and O–H groups in total. The quantitative estimate of drug-likeness (QED) is 0.601. The van der Waals surface area contributed by atoms with E-state index in [1.54, 1.807) is 6.92 Å². The molecule has 0 aromatic carbocycles. The average Bonchev–Trinajstić information content (AvgIpc) is 2.16. The van der Waals surface area contributed by atoms with Gasteiger partial charge in [0.1, 0.15) is 0 Å². The minimum Gasteiger partial charge on any atom is -0.481 e. The molecule has 1 unspecified atom stereocenters. The number of hydrogen-bond donors (Lipinski definition) is 3. The maximum Gasteiger partial charge on any atom is 0.305 e. The second kappa shape index (κ2) is 7.22. The summed E-state index contributed by atoms with van der Waals surface area (Å²) in [4.78, 5) is 22.0. The molecule has 0 aromatic heterocycles. The van der Waals surface area contributed by atoms with Gasteiger partial charge in [0.15, 0.2) is 0 Å². The Hall–Kier alpha value is -1.10. The summed E-state index contributed by atoms with van der Waals surface area (Å²) >= 11 is 0. The van der Waals surface area contributed by atoms with Crippen molar-refractivity contribution in [3.63, 3.8) is 0 Å². The minimum absolute atomic E-state index is 0.0528. The van der Waals surface area contributed by atoms with Gasteiger partial charge in [0.25, 0.3) is 0 Å². The second-order valence-electron chi connectivity index (χ2n) is 4.34. The molecule has 0 aliphatic rings. The third-order valence-electron chi connectivity index (χ3n) is 2.56. The van der Waals surface area contributed by atoms with Crippen LogP contribution in [0.5, 0.6) is 0 Å². The van der Waals surface area contributed by atoms with Crippen LogP contribution < -0.4 is 11.1 Å².